The Kier molecular flexibility index (Phi) is 8.93. The van der Waals surface area contributed by atoms with Crippen molar-refractivity contribution < 1.29 is 19.1 Å². The lowest BCUT2D eigenvalue weighted by atomic mass is 10.2. The van der Waals surface area contributed by atoms with Gasteiger partial charge in [-0.3, -0.25) is 19.8 Å². The molecule has 0 saturated heterocycles. The number of halogens is 3. The Morgan fingerprint density at radius 3 is 2.26 bits per heavy atom. The number of ether oxygens (including phenoxy) is 1. The van der Waals surface area contributed by atoms with Crippen molar-refractivity contribution in [1.29, 1.82) is 0 Å². The van der Waals surface area contributed by atoms with Crippen LogP contribution in [0, 0.1) is 0 Å². The fourth-order valence-corrected chi connectivity index (χ4v) is 4.51. The maximum Gasteiger partial charge on any atom is 0.328 e. The largest absolute Gasteiger partial charge is 0.494 e. The van der Waals surface area contributed by atoms with Crippen LogP contribution in [0.25, 0.3) is 10.9 Å². The predicted molar refractivity (Wildman–Crippen MR) is 154 cm³/mol. The van der Waals surface area contributed by atoms with E-state index in [1.165, 1.54) is 4.68 Å². The normalized spacial score (nSPS) is 10.7. The second-order valence-corrected chi connectivity index (χ2v) is 10.1. The molecule has 1 heterocycles. The highest BCUT2D eigenvalue weighted by Gasteiger charge is 2.21. The average Bonchev–Trinajstić information content (AvgIpc) is 3.22. The Balaban J connectivity index is 1.53. The molecule has 0 unspecified atom stereocenters. The van der Waals surface area contributed by atoms with E-state index >= 15 is 0 Å². The molecule has 1 aromatic heterocycles. The van der Waals surface area contributed by atoms with E-state index in [9.17, 15) is 14.4 Å². The van der Waals surface area contributed by atoms with Gasteiger partial charge in [0.1, 0.15) is 11.4 Å². The van der Waals surface area contributed by atoms with E-state index in [-0.39, 0.29) is 5.69 Å². The number of hydrogen-bond donors (Lipinski definition) is 3. The lowest BCUT2D eigenvalue weighted by molar-refractivity contribution is -0.133. The highest BCUT2D eigenvalue weighted by Crippen LogP contribution is 2.26. The van der Waals surface area contributed by atoms with Crippen LogP contribution >= 0.6 is 39.1 Å². The van der Waals surface area contributed by atoms with Gasteiger partial charge >= 0.3 is 11.8 Å². The van der Waals surface area contributed by atoms with Crippen molar-refractivity contribution in [3.05, 3.63) is 86.9 Å². The number of rotatable bonds is 8. The number of amides is 3. The molecule has 0 saturated carbocycles. The van der Waals surface area contributed by atoms with E-state index in [0.29, 0.717) is 44.7 Å². The van der Waals surface area contributed by atoms with E-state index in [1.54, 1.807) is 66.7 Å². The van der Waals surface area contributed by atoms with Gasteiger partial charge in [0.2, 0.25) is 0 Å². The van der Waals surface area contributed by atoms with Crippen LogP contribution in [0.1, 0.15) is 30.3 Å². The first-order valence-electron chi connectivity index (χ1n) is 11.7. The molecule has 3 amide bonds. The van der Waals surface area contributed by atoms with Crippen molar-refractivity contribution in [2.45, 2.75) is 19.8 Å². The summed E-state index contributed by atoms with van der Waals surface area (Å²) in [4.78, 5) is 38.7. The number of aromatic nitrogens is 1. The van der Waals surface area contributed by atoms with Gasteiger partial charge in [0, 0.05) is 31.3 Å². The maximum absolute atomic E-state index is 13.2. The topological polar surface area (TPSA) is 101 Å². The van der Waals surface area contributed by atoms with Crippen LogP contribution in [0.2, 0.25) is 10.0 Å². The quantitative estimate of drug-likeness (QED) is 0.149. The van der Waals surface area contributed by atoms with Crippen molar-refractivity contribution in [2.75, 3.05) is 22.7 Å². The average molecular weight is 618 g/mol. The minimum Gasteiger partial charge on any atom is -0.494 e. The molecule has 4 rings (SSSR count). The van der Waals surface area contributed by atoms with Crippen LogP contribution in [0.5, 0.6) is 5.75 Å². The molecule has 0 atom stereocenters. The van der Waals surface area contributed by atoms with Gasteiger partial charge in [-0.1, -0.05) is 52.5 Å². The van der Waals surface area contributed by atoms with Gasteiger partial charge in [-0.05, 0) is 73.2 Å². The second kappa shape index (κ2) is 12.3. The first kappa shape index (κ1) is 27.5. The van der Waals surface area contributed by atoms with Crippen molar-refractivity contribution in [2.24, 2.45) is 0 Å². The molecule has 0 aliphatic rings. The summed E-state index contributed by atoms with van der Waals surface area (Å²) in [7, 11) is 0. The number of benzene rings is 3. The van der Waals surface area contributed by atoms with Crippen molar-refractivity contribution >= 4 is 79.1 Å². The minimum atomic E-state index is -0.964. The summed E-state index contributed by atoms with van der Waals surface area (Å²) in [6, 6.07) is 18.2. The summed E-state index contributed by atoms with van der Waals surface area (Å²) in [6.45, 7) is 2.68. The van der Waals surface area contributed by atoms with Crippen LogP contribution in [-0.4, -0.2) is 29.0 Å². The molecule has 11 heteroatoms. The van der Waals surface area contributed by atoms with E-state index in [1.807, 2.05) is 0 Å². The Labute approximate surface area is 237 Å². The zero-order chi connectivity index (χ0) is 27.2. The Hall–Kier alpha value is -3.53. The highest BCUT2D eigenvalue weighted by atomic mass is 79.9. The number of nitrogens with zero attached hydrogens (tertiary/aromatic N) is 1. The zero-order valence-electron chi connectivity index (χ0n) is 20.2. The molecular weight excluding hydrogens is 595 g/mol. The molecule has 38 heavy (non-hydrogen) atoms. The number of unbranched alkanes of at least 4 members (excludes halogenated alkanes) is 1. The molecule has 0 spiro atoms. The molecule has 4 aromatic rings. The number of carbonyl (C=O) groups is 3. The molecule has 0 radical (unpaired) electrons. The summed E-state index contributed by atoms with van der Waals surface area (Å²) in [5, 5.41) is 6.63. The van der Waals surface area contributed by atoms with E-state index in [0.717, 1.165) is 17.3 Å². The molecule has 196 valence electrons. The zero-order valence-corrected chi connectivity index (χ0v) is 23.3. The third-order valence-corrected chi connectivity index (χ3v) is 6.34. The van der Waals surface area contributed by atoms with Crippen LogP contribution < -0.4 is 20.8 Å². The van der Waals surface area contributed by atoms with Crippen molar-refractivity contribution in [1.82, 2.24) is 4.68 Å². The third-order valence-electron chi connectivity index (χ3n) is 5.42. The lowest BCUT2D eigenvalue weighted by Gasteiger charge is -2.13. The molecular formula is C27H23BrCl2N4O4. The first-order chi connectivity index (χ1) is 18.2. The Bertz CT molecular complexity index is 1480. The van der Waals surface area contributed by atoms with Crippen molar-refractivity contribution in [3.8, 4) is 5.75 Å². The number of nitrogens with one attached hydrogen (secondary N) is 3. The first-order valence-corrected chi connectivity index (χ1v) is 13.2. The van der Waals surface area contributed by atoms with E-state index in [2.05, 4.69) is 38.9 Å². The smallest absolute Gasteiger partial charge is 0.328 e. The van der Waals surface area contributed by atoms with E-state index < -0.39 is 17.7 Å². The fraction of sp³-hybridized carbons (Fsp3) is 0.148. The minimum absolute atomic E-state index is 0.0870. The molecule has 3 N–H and O–H groups in total. The lowest BCUT2D eigenvalue weighted by Crippen LogP contribution is -2.36. The summed E-state index contributed by atoms with van der Waals surface area (Å²) < 4.78 is 7.65. The van der Waals surface area contributed by atoms with Gasteiger partial charge in [0.25, 0.3) is 5.91 Å². The standard InChI is InChI=1S/C27H23BrCl2N4O4/c1-2-3-10-38-22-7-5-20(6-8-22)31-26(36)27(37)33-34-23-9-4-17(28)11-16(23)12-24(34)25(35)32-21-14-18(29)13-19(30)15-21/h4-9,11-15H,2-3,10H2,1H3,(H,31,36)(H,32,35)(H,33,37). The van der Waals surface area contributed by atoms with E-state index in [4.69, 9.17) is 27.9 Å². The van der Waals surface area contributed by atoms with Crippen LogP contribution in [0.15, 0.2) is 71.2 Å². The summed E-state index contributed by atoms with van der Waals surface area (Å²) in [6.07, 6.45) is 1.96. The predicted octanol–water partition coefficient (Wildman–Crippen LogP) is 6.85. The summed E-state index contributed by atoms with van der Waals surface area (Å²) >= 11 is 15.5. The monoisotopic (exact) mass is 616 g/mol. The summed E-state index contributed by atoms with van der Waals surface area (Å²) in [5.74, 6) is -1.75. The second-order valence-electron chi connectivity index (χ2n) is 8.30. The number of hydrogen-bond acceptors (Lipinski definition) is 4. The SMILES string of the molecule is CCCCOc1ccc(NC(=O)C(=O)Nn2c(C(=O)Nc3cc(Cl)cc(Cl)c3)cc3cc(Br)ccc32)cc1. The van der Waals surface area contributed by atoms with Gasteiger partial charge in [0.15, 0.2) is 0 Å². The summed E-state index contributed by atoms with van der Waals surface area (Å²) in [5.41, 5.74) is 3.91. The third kappa shape index (κ3) is 6.86. The molecule has 0 bridgehead atoms. The fourth-order valence-electron chi connectivity index (χ4n) is 3.60. The number of carbonyl (C=O) groups excluding carboxylic acids is 3. The van der Waals surface area contributed by atoms with Gasteiger partial charge in [-0.25, -0.2) is 4.68 Å². The Morgan fingerprint density at radius 1 is 0.868 bits per heavy atom. The molecule has 0 fully saturated rings. The molecule has 8 nitrogen and oxygen atoms in total. The number of anilines is 2. The molecule has 3 aromatic carbocycles. The Morgan fingerprint density at radius 2 is 1.58 bits per heavy atom. The molecule has 0 aliphatic carbocycles. The maximum atomic E-state index is 13.2. The van der Waals surface area contributed by atoms with Gasteiger partial charge in [-0.15, -0.1) is 0 Å². The molecule has 0 aliphatic heterocycles. The van der Waals surface area contributed by atoms with Gasteiger partial charge < -0.3 is 15.4 Å². The van der Waals surface area contributed by atoms with Gasteiger partial charge in [-0.2, -0.15) is 0 Å². The van der Waals surface area contributed by atoms with Gasteiger partial charge in [0.05, 0.1) is 12.1 Å². The number of fused-ring (bicyclic) bond motifs is 1. The van der Waals surface area contributed by atoms with Crippen LogP contribution in [0.3, 0.4) is 0 Å². The van der Waals surface area contributed by atoms with Crippen LogP contribution in [0.4, 0.5) is 11.4 Å². The van der Waals surface area contributed by atoms with Crippen LogP contribution in [-0.2, 0) is 9.59 Å². The highest BCUT2D eigenvalue weighted by molar-refractivity contribution is 9.10. The van der Waals surface area contributed by atoms with Crippen molar-refractivity contribution in [3.63, 3.8) is 0 Å².